The maximum absolute atomic E-state index is 10.3. The molecular weight excluding hydrogens is 246 g/mol. The number of nitrogens with zero attached hydrogens (tertiary/aromatic N) is 3. The zero-order valence-corrected chi connectivity index (χ0v) is 11.2. The normalized spacial score (nSPS) is 12.2. The molecule has 1 aromatic carbocycles. The van der Waals surface area contributed by atoms with Gasteiger partial charge in [-0.05, 0) is 12.1 Å². The molecule has 102 valence electrons. The highest BCUT2D eigenvalue weighted by Crippen LogP contribution is 2.30. The first-order valence-corrected chi connectivity index (χ1v) is 5.89. The van der Waals surface area contributed by atoms with E-state index in [1.807, 2.05) is 0 Å². The lowest BCUT2D eigenvalue weighted by atomic mass is 10.0. The van der Waals surface area contributed by atoms with Crippen molar-refractivity contribution in [2.24, 2.45) is 7.05 Å². The highest BCUT2D eigenvalue weighted by molar-refractivity contribution is 5.42. The van der Waals surface area contributed by atoms with E-state index in [1.165, 1.54) is 0 Å². The third-order valence-corrected chi connectivity index (χ3v) is 2.85. The van der Waals surface area contributed by atoms with Gasteiger partial charge in [0.15, 0.2) is 0 Å². The first-order chi connectivity index (χ1) is 9.13. The largest absolute Gasteiger partial charge is 0.497 e. The summed E-state index contributed by atoms with van der Waals surface area (Å²) in [5.74, 6) is 1.28. The Morgan fingerprint density at radius 2 is 2.11 bits per heavy atom. The molecule has 0 aliphatic carbocycles. The van der Waals surface area contributed by atoms with Crippen LogP contribution in [0, 0.1) is 0 Å². The van der Waals surface area contributed by atoms with Gasteiger partial charge in [0.2, 0.25) is 0 Å². The first kappa shape index (κ1) is 13.4. The molecule has 1 aromatic heterocycles. The number of aliphatic hydroxyl groups is 1. The summed E-state index contributed by atoms with van der Waals surface area (Å²) < 4.78 is 12.0. The van der Waals surface area contributed by atoms with Crippen LogP contribution in [0.5, 0.6) is 11.5 Å². The quantitative estimate of drug-likeness (QED) is 0.875. The summed E-state index contributed by atoms with van der Waals surface area (Å²) in [6.07, 6.45) is 1.47. The van der Waals surface area contributed by atoms with Crippen LogP contribution in [-0.2, 0) is 13.5 Å². The Bertz CT molecular complexity index is 554. The maximum Gasteiger partial charge on any atom is 0.128 e. The van der Waals surface area contributed by atoms with Gasteiger partial charge in [0.25, 0.3) is 0 Å². The highest BCUT2D eigenvalue weighted by Gasteiger charge is 2.16. The molecule has 0 aliphatic rings. The van der Waals surface area contributed by atoms with Gasteiger partial charge in [-0.25, -0.2) is 0 Å². The Labute approximate surface area is 111 Å². The van der Waals surface area contributed by atoms with E-state index in [0.29, 0.717) is 23.5 Å². The fourth-order valence-electron chi connectivity index (χ4n) is 1.89. The SMILES string of the molecule is COc1ccc(C(O)Cc2cn(C)nn2)c(OC)c1. The second-order valence-electron chi connectivity index (χ2n) is 4.21. The Kier molecular flexibility index (Phi) is 4.01. The lowest BCUT2D eigenvalue weighted by Gasteiger charge is -2.14. The van der Waals surface area contributed by atoms with E-state index in [2.05, 4.69) is 10.3 Å². The van der Waals surface area contributed by atoms with Crippen LogP contribution >= 0.6 is 0 Å². The van der Waals surface area contributed by atoms with E-state index in [1.54, 1.807) is 50.3 Å². The Hall–Kier alpha value is -2.08. The average molecular weight is 263 g/mol. The van der Waals surface area contributed by atoms with Crippen LogP contribution in [-0.4, -0.2) is 34.3 Å². The van der Waals surface area contributed by atoms with Gasteiger partial charge in [-0.3, -0.25) is 4.68 Å². The minimum absolute atomic E-state index is 0.385. The van der Waals surface area contributed by atoms with Gasteiger partial charge in [0.1, 0.15) is 11.5 Å². The molecule has 6 nitrogen and oxygen atoms in total. The molecule has 1 atom stereocenters. The number of aliphatic hydroxyl groups excluding tert-OH is 1. The van der Waals surface area contributed by atoms with Gasteiger partial charge in [-0.15, -0.1) is 5.10 Å². The van der Waals surface area contributed by atoms with Crippen LogP contribution in [0.1, 0.15) is 17.4 Å². The summed E-state index contributed by atoms with van der Waals surface area (Å²) in [6.45, 7) is 0. The van der Waals surface area contributed by atoms with Crippen molar-refractivity contribution in [3.8, 4) is 11.5 Å². The Morgan fingerprint density at radius 1 is 1.32 bits per heavy atom. The number of aromatic nitrogens is 3. The van der Waals surface area contributed by atoms with Crippen molar-refractivity contribution >= 4 is 0 Å². The van der Waals surface area contributed by atoms with E-state index in [9.17, 15) is 5.11 Å². The molecule has 1 unspecified atom stereocenters. The molecule has 0 bridgehead atoms. The van der Waals surface area contributed by atoms with Crippen molar-refractivity contribution in [1.82, 2.24) is 15.0 Å². The van der Waals surface area contributed by atoms with Crippen molar-refractivity contribution in [2.45, 2.75) is 12.5 Å². The monoisotopic (exact) mass is 263 g/mol. The summed E-state index contributed by atoms with van der Waals surface area (Å²) in [4.78, 5) is 0. The minimum Gasteiger partial charge on any atom is -0.497 e. The fraction of sp³-hybridized carbons (Fsp3) is 0.385. The zero-order chi connectivity index (χ0) is 13.8. The summed E-state index contributed by atoms with van der Waals surface area (Å²) in [6, 6.07) is 5.33. The lowest BCUT2D eigenvalue weighted by Crippen LogP contribution is -2.04. The predicted molar refractivity (Wildman–Crippen MR) is 69.2 cm³/mol. The standard InChI is InChI=1S/C13H17N3O3/c1-16-8-9(14-15-16)6-12(17)11-5-4-10(18-2)7-13(11)19-3/h4-5,7-8,12,17H,6H2,1-3H3. The van der Waals surface area contributed by atoms with Crippen LogP contribution in [0.25, 0.3) is 0 Å². The van der Waals surface area contributed by atoms with Gasteiger partial charge in [-0.1, -0.05) is 5.21 Å². The van der Waals surface area contributed by atoms with Crippen molar-refractivity contribution < 1.29 is 14.6 Å². The third kappa shape index (κ3) is 3.03. The molecule has 0 saturated carbocycles. The Balaban J connectivity index is 2.20. The zero-order valence-electron chi connectivity index (χ0n) is 11.2. The number of ether oxygens (including phenoxy) is 2. The van der Waals surface area contributed by atoms with E-state index in [0.717, 1.165) is 5.69 Å². The van der Waals surface area contributed by atoms with Crippen molar-refractivity contribution in [2.75, 3.05) is 14.2 Å². The van der Waals surface area contributed by atoms with E-state index in [-0.39, 0.29) is 0 Å². The van der Waals surface area contributed by atoms with E-state index in [4.69, 9.17) is 9.47 Å². The van der Waals surface area contributed by atoms with Gasteiger partial charge in [-0.2, -0.15) is 0 Å². The van der Waals surface area contributed by atoms with Crippen molar-refractivity contribution in [3.05, 3.63) is 35.7 Å². The summed E-state index contributed by atoms with van der Waals surface area (Å²) >= 11 is 0. The molecule has 2 aromatic rings. The van der Waals surface area contributed by atoms with Gasteiger partial charge >= 0.3 is 0 Å². The highest BCUT2D eigenvalue weighted by atomic mass is 16.5. The maximum atomic E-state index is 10.3. The van der Waals surface area contributed by atoms with Crippen LogP contribution in [0.4, 0.5) is 0 Å². The van der Waals surface area contributed by atoms with Crippen LogP contribution in [0.3, 0.4) is 0 Å². The molecule has 1 N–H and O–H groups in total. The molecule has 0 radical (unpaired) electrons. The van der Waals surface area contributed by atoms with Crippen LogP contribution < -0.4 is 9.47 Å². The van der Waals surface area contributed by atoms with Crippen molar-refractivity contribution in [3.63, 3.8) is 0 Å². The smallest absolute Gasteiger partial charge is 0.128 e. The number of hydrogen-bond acceptors (Lipinski definition) is 5. The van der Waals surface area contributed by atoms with Gasteiger partial charge in [0.05, 0.1) is 26.0 Å². The third-order valence-electron chi connectivity index (χ3n) is 2.85. The fourth-order valence-corrected chi connectivity index (χ4v) is 1.89. The van der Waals surface area contributed by atoms with Crippen molar-refractivity contribution in [1.29, 1.82) is 0 Å². The molecular formula is C13H17N3O3. The number of benzene rings is 1. The molecule has 6 heteroatoms. The minimum atomic E-state index is -0.697. The number of hydrogen-bond donors (Lipinski definition) is 1. The van der Waals surface area contributed by atoms with E-state index >= 15 is 0 Å². The molecule has 0 aliphatic heterocycles. The van der Waals surface area contributed by atoms with E-state index < -0.39 is 6.10 Å². The molecule has 0 fully saturated rings. The second kappa shape index (κ2) is 5.71. The number of aryl methyl sites for hydroxylation is 1. The molecule has 0 amide bonds. The Morgan fingerprint density at radius 3 is 2.68 bits per heavy atom. The molecule has 0 saturated heterocycles. The van der Waals surface area contributed by atoms with Crippen LogP contribution in [0.15, 0.2) is 24.4 Å². The van der Waals surface area contributed by atoms with Gasteiger partial charge in [0, 0.05) is 31.3 Å². The predicted octanol–water partition coefficient (Wildman–Crippen LogP) is 1.11. The lowest BCUT2D eigenvalue weighted by molar-refractivity contribution is 0.172. The number of methoxy groups -OCH3 is 2. The topological polar surface area (TPSA) is 69.4 Å². The summed E-state index contributed by atoms with van der Waals surface area (Å²) in [5, 5.41) is 18.1. The molecule has 2 rings (SSSR count). The van der Waals surface area contributed by atoms with Crippen LogP contribution in [0.2, 0.25) is 0 Å². The summed E-state index contributed by atoms with van der Waals surface area (Å²) in [5.41, 5.74) is 1.43. The summed E-state index contributed by atoms with van der Waals surface area (Å²) in [7, 11) is 4.94. The molecule has 0 spiro atoms. The molecule has 19 heavy (non-hydrogen) atoms. The first-order valence-electron chi connectivity index (χ1n) is 5.89. The second-order valence-corrected chi connectivity index (χ2v) is 4.21. The molecule has 1 heterocycles. The van der Waals surface area contributed by atoms with Gasteiger partial charge < -0.3 is 14.6 Å². The number of rotatable bonds is 5. The average Bonchev–Trinajstić information content (AvgIpc) is 2.83.